The van der Waals surface area contributed by atoms with Crippen molar-refractivity contribution >= 4 is 5.69 Å². The van der Waals surface area contributed by atoms with Gasteiger partial charge in [0.05, 0.1) is 11.5 Å². The fraction of sp³-hybridized carbons (Fsp3) is 0.467. The first-order chi connectivity index (χ1) is 9.70. The van der Waals surface area contributed by atoms with Gasteiger partial charge in [-0.05, 0) is 37.8 Å². The number of hydrogen-bond donors (Lipinski definition) is 0. The van der Waals surface area contributed by atoms with Crippen LogP contribution < -0.4 is 4.74 Å². The zero-order valence-corrected chi connectivity index (χ0v) is 11.6. The fourth-order valence-electron chi connectivity index (χ4n) is 1.81. The third kappa shape index (κ3) is 3.73. The molecule has 0 bridgehead atoms. The number of nitrogens with zero attached hydrogens (tertiary/aromatic N) is 1. The lowest BCUT2D eigenvalue weighted by Crippen LogP contribution is -2.11. The van der Waals surface area contributed by atoms with E-state index >= 15 is 0 Å². The molecule has 0 spiro atoms. The Bertz CT molecular complexity index is 487. The fourth-order valence-corrected chi connectivity index (χ4v) is 1.81. The maximum atomic E-state index is 10.6. The van der Waals surface area contributed by atoms with Gasteiger partial charge in [0.25, 0.3) is 11.6 Å². The smallest absolute Gasteiger partial charge is 0.283 e. The lowest BCUT2D eigenvalue weighted by atomic mass is 9.93. The van der Waals surface area contributed by atoms with Gasteiger partial charge in [-0.2, -0.15) is 0 Å². The van der Waals surface area contributed by atoms with Gasteiger partial charge in [0.15, 0.2) is 0 Å². The molecule has 0 saturated heterocycles. The Morgan fingerprint density at radius 1 is 1.30 bits per heavy atom. The quantitative estimate of drug-likeness (QED) is 0.324. The van der Waals surface area contributed by atoms with Gasteiger partial charge in [-0.1, -0.05) is 13.3 Å². The van der Waals surface area contributed by atoms with Crippen LogP contribution in [0.5, 0.6) is 5.75 Å². The monoisotopic (exact) mass is 277 g/mol. The molecule has 1 aromatic rings. The van der Waals surface area contributed by atoms with Gasteiger partial charge < -0.3 is 9.47 Å². The standard InChI is InChI=1S/C15H19NO4/c1-2-3-11-19-15(12-5-4-6-12)20-14-9-7-13(8-10-14)16(17)18/h7-10H,2-6,11H2,1H3. The Balaban J connectivity index is 2.02. The summed E-state index contributed by atoms with van der Waals surface area (Å²) in [6, 6.07) is 6.07. The van der Waals surface area contributed by atoms with Gasteiger partial charge in [0, 0.05) is 17.7 Å². The summed E-state index contributed by atoms with van der Waals surface area (Å²) in [7, 11) is 0. The average molecular weight is 277 g/mol. The third-order valence-electron chi connectivity index (χ3n) is 3.23. The van der Waals surface area contributed by atoms with Crippen molar-refractivity contribution < 1.29 is 14.4 Å². The number of hydrogen-bond acceptors (Lipinski definition) is 4. The van der Waals surface area contributed by atoms with Crippen LogP contribution >= 0.6 is 0 Å². The summed E-state index contributed by atoms with van der Waals surface area (Å²) < 4.78 is 11.4. The molecule has 108 valence electrons. The van der Waals surface area contributed by atoms with E-state index in [0.717, 1.165) is 25.7 Å². The SMILES string of the molecule is CCCCOC(Oc1ccc([N+](=O)[O-])cc1)=C1CCC1. The highest BCUT2D eigenvalue weighted by atomic mass is 16.7. The van der Waals surface area contributed by atoms with E-state index in [1.54, 1.807) is 12.1 Å². The number of benzene rings is 1. The molecule has 0 atom stereocenters. The molecule has 1 fully saturated rings. The molecule has 1 saturated carbocycles. The Kier molecular flexibility index (Phi) is 4.98. The van der Waals surface area contributed by atoms with Crippen LogP contribution in [0.15, 0.2) is 35.8 Å². The summed E-state index contributed by atoms with van der Waals surface area (Å²) in [5, 5.41) is 10.6. The number of allylic oxidation sites excluding steroid dienone is 1. The van der Waals surface area contributed by atoms with E-state index in [1.807, 2.05) is 0 Å². The number of rotatable bonds is 7. The number of unbranched alkanes of at least 4 members (excludes halogenated alkanes) is 1. The molecule has 0 aliphatic heterocycles. The van der Waals surface area contributed by atoms with Crippen LogP contribution in [0, 0.1) is 10.1 Å². The van der Waals surface area contributed by atoms with Crippen molar-refractivity contribution in [2.24, 2.45) is 0 Å². The first kappa shape index (κ1) is 14.4. The average Bonchev–Trinajstić information content (AvgIpc) is 2.37. The second kappa shape index (κ2) is 6.93. The topological polar surface area (TPSA) is 61.6 Å². The van der Waals surface area contributed by atoms with Crippen LogP contribution in [0.4, 0.5) is 5.69 Å². The largest absolute Gasteiger partial charge is 0.465 e. The number of nitro benzene ring substituents is 1. The summed E-state index contributed by atoms with van der Waals surface area (Å²) in [6.45, 7) is 2.75. The molecule has 0 aromatic heterocycles. The molecular weight excluding hydrogens is 258 g/mol. The first-order valence-electron chi connectivity index (χ1n) is 6.98. The van der Waals surface area contributed by atoms with Crippen LogP contribution in [0.1, 0.15) is 39.0 Å². The Morgan fingerprint density at radius 3 is 2.50 bits per heavy atom. The van der Waals surface area contributed by atoms with Crippen LogP contribution in [0.2, 0.25) is 0 Å². The van der Waals surface area contributed by atoms with Gasteiger partial charge in [-0.3, -0.25) is 10.1 Å². The Labute approximate surface area is 118 Å². The minimum Gasteiger partial charge on any atom is -0.465 e. The second-order valence-electron chi connectivity index (χ2n) is 4.80. The van der Waals surface area contributed by atoms with E-state index in [1.165, 1.54) is 24.1 Å². The van der Waals surface area contributed by atoms with Crippen molar-refractivity contribution in [3.8, 4) is 5.75 Å². The summed E-state index contributed by atoms with van der Waals surface area (Å²) in [5.74, 6) is 1.15. The summed E-state index contributed by atoms with van der Waals surface area (Å²) >= 11 is 0. The predicted molar refractivity (Wildman–Crippen MR) is 75.5 cm³/mol. The van der Waals surface area contributed by atoms with Crippen molar-refractivity contribution in [3.63, 3.8) is 0 Å². The second-order valence-corrected chi connectivity index (χ2v) is 4.80. The van der Waals surface area contributed by atoms with Crippen molar-refractivity contribution in [3.05, 3.63) is 45.9 Å². The lowest BCUT2D eigenvalue weighted by Gasteiger charge is -2.21. The van der Waals surface area contributed by atoms with Gasteiger partial charge in [0.2, 0.25) is 0 Å². The Hall–Kier alpha value is -2.04. The van der Waals surface area contributed by atoms with E-state index in [4.69, 9.17) is 9.47 Å². The summed E-state index contributed by atoms with van der Waals surface area (Å²) in [6.07, 6.45) is 5.24. The van der Waals surface area contributed by atoms with Crippen molar-refractivity contribution in [1.29, 1.82) is 0 Å². The van der Waals surface area contributed by atoms with Gasteiger partial charge >= 0.3 is 0 Å². The van der Waals surface area contributed by atoms with E-state index in [-0.39, 0.29) is 5.69 Å². The molecule has 0 radical (unpaired) electrons. The van der Waals surface area contributed by atoms with Gasteiger partial charge in [-0.15, -0.1) is 0 Å². The molecular formula is C15H19NO4. The highest BCUT2D eigenvalue weighted by molar-refractivity contribution is 5.36. The molecule has 0 amide bonds. The van der Waals surface area contributed by atoms with Gasteiger partial charge in [-0.25, -0.2) is 0 Å². The molecule has 1 aliphatic rings. The molecule has 0 heterocycles. The molecule has 2 rings (SSSR count). The Morgan fingerprint density at radius 2 is 2.00 bits per heavy atom. The van der Waals surface area contributed by atoms with Crippen LogP contribution in [0.25, 0.3) is 0 Å². The summed E-state index contributed by atoms with van der Waals surface area (Å²) in [5.41, 5.74) is 1.25. The first-order valence-corrected chi connectivity index (χ1v) is 6.98. The van der Waals surface area contributed by atoms with Crippen LogP contribution in [0.3, 0.4) is 0 Å². The normalized spacial score (nSPS) is 13.6. The lowest BCUT2D eigenvalue weighted by molar-refractivity contribution is -0.384. The van der Waals surface area contributed by atoms with E-state index in [9.17, 15) is 10.1 Å². The van der Waals surface area contributed by atoms with Crippen molar-refractivity contribution in [2.45, 2.75) is 39.0 Å². The molecule has 5 nitrogen and oxygen atoms in total. The highest BCUT2D eigenvalue weighted by Gasteiger charge is 2.18. The molecule has 20 heavy (non-hydrogen) atoms. The van der Waals surface area contributed by atoms with Crippen molar-refractivity contribution in [1.82, 2.24) is 0 Å². The number of nitro groups is 1. The predicted octanol–water partition coefficient (Wildman–Crippen LogP) is 4.19. The zero-order valence-electron chi connectivity index (χ0n) is 11.6. The number of ether oxygens (including phenoxy) is 2. The van der Waals surface area contributed by atoms with Crippen LogP contribution in [-0.4, -0.2) is 11.5 Å². The van der Waals surface area contributed by atoms with E-state index < -0.39 is 4.92 Å². The van der Waals surface area contributed by atoms with Gasteiger partial charge in [0.1, 0.15) is 5.75 Å². The zero-order chi connectivity index (χ0) is 14.4. The number of non-ortho nitro benzene ring substituents is 1. The summed E-state index contributed by atoms with van der Waals surface area (Å²) in [4.78, 5) is 10.2. The molecule has 0 unspecified atom stereocenters. The third-order valence-corrected chi connectivity index (χ3v) is 3.23. The van der Waals surface area contributed by atoms with E-state index in [0.29, 0.717) is 18.3 Å². The highest BCUT2D eigenvalue weighted by Crippen LogP contribution is 2.31. The maximum Gasteiger partial charge on any atom is 0.283 e. The minimum atomic E-state index is -0.424. The molecule has 1 aliphatic carbocycles. The molecule has 1 aromatic carbocycles. The van der Waals surface area contributed by atoms with E-state index in [2.05, 4.69) is 6.92 Å². The molecule has 5 heteroatoms. The van der Waals surface area contributed by atoms with Crippen LogP contribution in [-0.2, 0) is 4.74 Å². The molecule has 0 N–H and O–H groups in total. The maximum absolute atomic E-state index is 10.6. The minimum absolute atomic E-state index is 0.0575. The van der Waals surface area contributed by atoms with Crippen molar-refractivity contribution in [2.75, 3.05) is 6.61 Å².